The van der Waals surface area contributed by atoms with Gasteiger partial charge in [0.2, 0.25) is 0 Å². The number of halogens is 3. The molecular formula is C31H27F3N2O5. The first-order chi connectivity index (χ1) is 19.8. The van der Waals surface area contributed by atoms with Crippen molar-refractivity contribution in [1.82, 2.24) is 5.43 Å². The Morgan fingerprint density at radius 1 is 0.756 bits per heavy atom. The lowest BCUT2D eigenvalue weighted by atomic mass is 10.1. The number of benzene rings is 4. The molecule has 0 aliphatic heterocycles. The third-order valence-corrected chi connectivity index (χ3v) is 5.90. The fourth-order valence-electron chi connectivity index (χ4n) is 3.86. The van der Waals surface area contributed by atoms with Gasteiger partial charge in [-0.3, -0.25) is 4.79 Å². The van der Waals surface area contributed by atoms with Gasteiger partial charge in [0.1, 0.15) is 13.2 Å². The topological polar surface area (TPSA) is 78.4 Å². The maximum Gasteiger partial charge on any atom is 0.417 e. The van der Waals surface area contributed by atoms with Gasteiger partial charge in [-0.2, -0.15) is 18.3 Å². The first-order valence-electron chi connectivity index (χ1n) is 12.4. The van der Waals surface area contributed by atoms with Gasteiger partial charge in [-0.1, -0.05) is 48.5 Å². The largest absolute Gasteiger partial charge is 0.493 e. The van der Waals surface area contributed by atoms with Gasteiger partial charge in [0.15, 0.2) is 23.0 Å². The maximum absolute atomic E-state index is 13.2. The summed E-state index contributed by atoms with van der Waals surface area (Å²) in [5, 5.41) is 3.79. The van der Waals surface area contributed by atoms with Crippen molar-refractivity contribution in [3.63, 3.8) is 0 Å². The number of rotatable bonds is 11. The van der Waals surface area contributed by atoms with Crippen molar-refractivity contribution in [2.75, 3.05) is 14.2 Å². The van der Waals surface area contributed by atoms with Crippen molar-refractivity contribution < 1.29 is 36.9 Å². The number of carbonyl (C=O) groups is 1. The molecule has 0 aromatic heterocycles. The predicted octanol–water partition coefficient (Wildman–Crippen LogP) is 6.64. The van der Waals surface area contributed by atoms with Crippen molar-refractivity contribution in [3.05, 3.63) is 119 Å². The van der Waals surface area contributed by atoms with Crippen LogP contribution in [0.2, 0.25) is 0 Å². The summed E-state index contributed by atoms with van der Waals surface area (Å²) < 4.78 is 62.3. The molecule has 0 heterocycles. The van der Waals surface area contributed by atoms with Crippen LogP contribution in [0.3, 0.4) is 0 Å². The second kappa shape index (κ2) is 13.4. The van der Waals surface area contributed by atoms with Crippen LogP contribution in [-0.2, 0) is 19.4 Å². The van der Waals surface area contributed by atoms with E-state index in [9.17, 15) is 18.0 Å². The molecule has 41 heavy (non-hydrogen) atoms. The Kier molecular flexibility index (Phi) is 9.47. The molecule has 10 heteroatoms. The molecule has 212 valence electrons. The fourth-order valence-corrected chi connectivity index (χ4v) is 3.86. The number of nitrogens with one attached hydrogen (secondary N) is 1. The zero-order chi connectivity index (χ0) is 29.2. The van der Waals surface area contributed by atoms with Gasteiger partial charge in [0.05, 0.1) is 31.6 Å². The van der Waals surface area contributed by atoms with Crippen molar-refractivity contribution in [3.8, 4) is 23.0 Å². The molecule has 0 aliphatic rings. The zero-order valence-corrected chi connectivity index (χ0v) is 22.3. The Morgan fingerprint density at radius 3 is 2.05 bits per heavy atom. The molecule has 4 aromatic rings. The van der Waals surface area contributed by atoms with Crippen molar-refractivity contribution in [2.24, 2.45) is 5.10 Å². The highest BCUT2D eigenvalue weighted by molar-refractivity contribution is 5.96. The molecule has 4 aromatic carbocycles. The highest BCUT2D eigenvalue weighted by atomic mass is 19.4. The Hall–Kier alpha value is -4.99. The Bertz CT molecular complexity index is 1510. The summed E-state index contributed by atoms with van der Waals surface area (Å²) in [5.74, 6) is 1.05. The van der Waals surface area contributed by atoms with E-state index in [1.807, 2.05) is 48.5 Å². The molecule has 1 N–H and O–H groups in total. The van der Waals surface area contributed by atoms with E-state index in [4.69, 9.17) is 18.9 Å². The number of alkyl halides is 3. The Balaban J connectivity index is 1.37. The molecule has 0 bridgehead atoms. The van der Waals surface area contributed by atoms with Crippen LogP contribution in [0.25, 0.3) is 0 Å². The molecule has 0 spiro atoms. The zero-order valence-electron chi connectivity index (χ0n) is 22.3. The second-order valence-electron chi connectivity index (χ2n) is 8.70. The van der Waals surface area contributed by atoms with Crippen LogP contribution in [0.4, 0.5) is 13.2 Å². The predicted molar refractivity (Wildman–Crippen MR) is 148 cm³/mol. The van der Waals surface area contributed by atoms with E-state index >= 15 is 0 Å². The molecule has 1 amide bonds. The molecule has 0 saturated heterocycles. The van der Waals surface area contributed by atoms with E-state index in [0.29, 0.717) is 35.2 Å². The van der Waals surface area contributed by atoms with Gasteiger partial charge in [-0.05, 0) is 59.2 Å². The van der Waals surface area contributed by atoms with Crippen LogP contribution in [0, 0.1) is 0 Å². The third kappa shape index (κ3) is 7.78. The Labute approximate surface area is 235 Å². The average molecular weight is 565 g/mol. The number of nitrogens with zero attached hydrogens (tertiary/aromatic N) is 1. The number of hydrogen-bond acceptors (Lipinski definition) is 6. The number of amides is 1. The van der Waals surface area contributed by atoms with Gasteiger partial charge in [0, 0.05) is 0 Å². The van der Waals surface area contributed by atoms with Gasteiger partial charge in [-0.15, -0.1) is 0 Å². The third-order valence-electron chi connectivity index (χ3n) is 5.90. The van der Waals surface area contributed by atoms with Gasteiger partial charge in [-0.25, -0.2) is 5.43 Å². The monoisotopic (exact) mass is 564 g/mol. The molecule has 0 aliphatic carbocycles. The molecule has 0 fully saturated rings. The number of ether oxygens (including phenoxy) is 4. The van der Waals surface area contributed by atoms with Crippen LogP contribution in [-0.4, -0.2) is 26.3 Å². The first-order valence-corrected chi connectivity index (χ1v) is 12.4. The van der Waals surface area contributed by atoms with Crippen molar-refractivity contribution in [2.45, 2.75) is 19.4 Å². The number of hydrogen-bond donors (Lipinski definition) is 1. The molecule has 7 nitrogen and oxygen atoms in total. The summed E-state index contributed by atoms with van der Waals surface area (Å²) >= 11 is 0. The summed E-state index contributed by atoms with van der Waals surface area (Å²) in [6, 6.07) is 24.8. The quantitative estimate of drug-likeness (QED) is 0.163. The van der Waals surface area contributed by atoms with E-state index < -0.39 is 23.2 Å². The van der Waals surface area contributed by atoms with Crippen LogP contribution < -0.4 is 24.4 Å². The summed E-state index contributed by atoms with van der Waals surface area (Å²) in [6.45, 7) is 0.623. The molecule has 4 rings (SSSR count). The summed E-state index contributed by atoms with van der Waals surface area (Å²) in [4.78, 5) is 12.3. The van der Waals surface area contributed by atoms with E-state index in [-0.39, 0.29) is 6.61 Å². The van der Waals surface area contributed by atoms with Crippen molar-refractivity contribution in [1.29, 1.82) is 0 Å². The first kappa shape index (κ1) is 29.0. The van der Waals surface area contributed by atoms with E-state index in [2.05, 4.69) is 10.5 Å². The minimum absolute atomic E-state index is 0.216. The number of methoxy groups -OCH3 is 2. The summed E-state index contributed by atoms with van der Waals surface area (Å²) in [6.07, 6.45) is -3.37. The summed E-state index contributed by atoms with van der Waals surface area (Å²) in [5.41, 5.74) is 2.97. The maximum atomic E-state index is 13.2. The molecule has 0 atom stereocenters. The smallest absolute Gasteiger partial charge is 0.417 e. The molecule has 0 radical (unpaired) electrons. The van der Waals surface area contributed by atoms with E-state index in [0.717, 1.165) is 23.3 Å². The fraction of sp³-hybridized carbons (Fsp3) is 0.161. The number of hydrazone groups is 1. The number of carbonyl (C=O) groups excluding carboxylic acids is 1. The summed E-state index contributed by atoms with van der Waals surface area (Å²) in [7, 11) is 3.04. The van der Waals surface area contributed by atoms with Gasteiger partial charge >= 0.3 is 6.18 Å². The highest BCUT2D eigenvalue weighted by Crippen LogP contribution is 2.33. The lowest BCUT2D eigenvalue weighted by Crippen LogP contribution is -2.22. The Morgan fingerprint density at radius 2 is 1.37 bits per heavy atom. The lowest BCUT2D eigenvalue weighted by Gasteiger charge is -2.14. The van der Waals surface area contributed by atoms with Gasteiger partial charge < -0.3 is 18.9 Å². The second-order valence-corrected chi connectivity index (χ2v) is 8.70. The average Bonchev–Trinajstić information content (AvgIpc) is 2.99. The van der Waals surface area contributed by atoms with Crippen LogP contribution >= 0.6 is 0 Å². The van der Waals surface area contributed by atoms with Crippen LogP contribution in [0.5, 0.6) is 23.0 Å². The van der Waals surface area contributed by atoms with Crippen LogP contribution in [0.1, 0.15) is 32.6 Å². The molecule has 0 saturated carbocycles. The minimum atomic E-state index is -4.66. The van der Waals surface area contributed by atoms with Crippen molar-refractivity contribution >= 4 is 12.1 Å². The normalized spacial score (nSPS) is 11.2. The standard InChI is InChI=1S/C31H27F3N2O5/c1-38-28-16-22(18-35-36-30(37)24-10-6-7-11-25(24)31(32,33)34)12-14-26(28)41-20-23-13-15-27(29(17-23)39-2)40-19-21-8-4-3-5-9-21/h3-18H,19-20H2,1-2H3,(H,36,37)/b35-18+. The lowest BCUT2D eigenvalue weighted by molar-refractivity contribution is -0.137. The van der Waals surface area contributed by atoms with E-state index in [1.165, 1.54) is 25.5 Å². The molecular weight excluding hydrogens is 537 g/mol. The SMILES string of the molecule is COc1cc(/C=N/NC(=O)c2ccccc2C(F)(F)F)ccc1OCc1ccc(OCc2ccccc2)c(OC)c1. The van der Waals surface area contributed by atoms with E-state index in [1.54, 1.807) is 25.3 Å². The highest BCUT2D eigenvalue weighted by Gasteiger charge is 2.34. The van der Waals surface area contributed by atoms with Gasteiger partial charge in [0.25, 0.3) is 5.91 Å². The van der Waals surface area contributed by atoms with Crippen LogP contribution in [0.15, 0.2) is 96.1 Å². The minimum Gasteiger partial charge on any atom is -0.493 e. The molecule has 0 unspecified atom stereocenters.